The second-order valence-corrected chi connectivity index (χ2v) is 4.76. The lowest BCUT2D eigenvalue weighted by atomic mass is 9.97. The smallest absolute Gasteiger partial charge is 0.160 e. The molecule has 0 aliphatic rings. The molecule has 2 heteroatoms. The first-order valence-corrected chi connectivity index (χ1v) is 6.45. The molecule has 0 radical (unpaired) electrons. The van der Waals surface area contributed by atoms with Crippen LogP contribution in [0.2, 0.25) is 0 Å². The fourth-order valence-electron chi connectivity index (χ4n) is 2.07. The second-order valence-electron chi connectivity index (χ2n) is 4.76. The van der Waals surface area contributed by atoms with E-state index in [0.29, 0.717) is 0 Å². The number of ketones is 1. The number of rotatable bonds is 4. The molecule has 0 saturated heterocycles. The lowest BCUT2D eigenvalue weighted by Gasteiger charge is -2.15. The predicted octanol–water partition coefficient (Wildman–Crippen LogP) is 4.34. The average Bonchev–Trinajstić information content (AvgIpc) is 2.38. The molecule has 0 N–H and O–H groups in total. The Bertz CT molecular complexity index is 585. The van der Waals surface area contributed by atoms with E-state index in [4.69, 9.17) is 4.74 Å². The number of hydrogen-bond donors (Lipinski definition) is 0. The van der Waals surface area contributed by atoms with Crippen LogP contribution in [-0.2, 0) is 0 Å². The van der Waals surface area contributed by atoms with Gasteiger partial charge in [-0.15, -0.1) is 0 Å². The highest BCUT2D eigenvalue weighted by molar-refractivity contribution is 6.01. The van der Waals surface area contributed by atoms with Gasteiger partial charge in [0.25, 0.3) is 0 Å². The van der Waals surface area contributed by atoms with Crippen molar-refractivity contribution in [2.75, 3.05) is 0 Å². The van der Waals surface area contributed by atoms with Crippen LogP contribution in [0, 0.1) is 0 Å². The molecule has 0 heterocycles. The molecule has 98 valence electrons. The van der Waals surface area contributed by atoms with Crippen LogP contribution in [0.4, 0.5) is 0 Å². The summed E-state index contributed by atoms with van der Waals surface area (Å²) < 4.78 is 5.82. The molecule has 0 unspecified atom stereocenters. The van der Waals surface area contributed by atoms with Crippen LogP contribution < -0.4 is 4.74 Å². The van der Waals surface area contributed by atoms with Gasteiger partial charge in [-0.2, -0.15) is 0 Å². The zero-order valence-electron chi connectivity index (χ0n) is 11.5. The van der Waals surface area contributed by atoms with Crippen molar-refractivity contribution in [2.45, 2.75) is 26.9 Å². The SMILES string of the molecule is CC(=O)c1ccccc1-c1ccccc1OC(C)C. The van der Waals surface area contributed by atoms with Crippen LogP contribution in [0.15, 0.2) is 48.5 Å². The van der Waals surface area contributed by atoms with E-state index in [9.17, 15) is 4.79 Å². The maximum absolute atomic E-state index is 11.7. The van der Waals surface area contributed by atoms with E-state index in [1.807, 2.05) is 62.4 Å². The summed E-state index contributed by atoms with van der Waals surface area (Å²) in [5.41, 5.74) is 2.61. The molecule has 0 aliphatic carbocycles. The highest BCUT2D eigenvalue weighted by atomic mass is 16.5. The molecule has 0 spiro atoms. The fraction of sp³-hybridized carbons (Fsp3) is 0.235. The van der Waals surface area contributed by atoms with Crippen molar-refractivity contribution in [3.63, 3.8) is 0 Å². The summed E-state index contributed by atoms with van der Waals surface area (Å²) in [5.74, 6) is 0.876. The summed E-state index contributed by atoms with van der Waals surface area (Å²) in [5, 5.41) is 0. The molecule has 2 aromatic rings. The van der Waals surface area contributed by atoms with Crippen LogP contribution >= 0.6 is 0 Å². The third-order valence-corrected chi connectivity index (χ3v) is 2.85. The number of carbonyl (C=O) groups is 1. The van der Waals surface area contributed by atoms with Gasteiger partial charge in [0, 0.05) is 11.1 Å². The zero-order chi connectivity index (χ0) is 13.8. The van der Waals surface area contributed by atoms with Gasteiger partial charge in [0.05, 0.1) is 6.10 Å². The molecule has 2 aromatic carbocycles. The Hall–Kier alpha value is -2.09. The fourth-order valence-corrected chi connectivity index (χ4v) is 2.07. The maximum atomic E-state index is 11.7. The molecule has 0 aromatic heterocycles. The Morgan fingerprint density at radius 1 is 0.947 bits per heavy atom. The first kappa shape index (κ1) is 13.3. The number of ether oxygens (including phenoxy) is 1. The van der Waals surface area contributed by atoms with Gasteiger partial charge in [-0.05, 0) is 32.4 Å². The lowest BCUT2D eigenvalue weighted by molar-refractivity contribution is 0.101. The van der Waals surface area contributed by atoms with Gasteiger partial charge in [-0.25, -0.2) is 0 Å². The van der Waals surface area contributed by atoms with Crippen molar-refractivity contribution < 1.29 is 9.53 Å². The van der Waals surface area contributed by atoms with E-state index in [1.165, 1.54) is 0 Å². The first-order valence-electron chi connectivity index (χ1n) is 6.45. The normalized spacial score (nSPS) is 10.5. The van der Waals surface area contributed by atoms with Crippen LogP contribution in [0.3, 0.4) is 0 Å². The van der Waals surface area contributed by atoms with Crippen LogP contribution in [0.5, 0.6) is 5.75 Å². The molecule has 0 bridgehead atoms. The van der Waals surface area contributed by atoms with Gasteiger partial charge >= 0.3 is 0 Å². The minimum atomic E-state index is 0.0648. The van der Waals surface area contributed by atoms with Crippen LogP contribution in [0.25, 0.3) is 11.1 Å². The lowest BCUT2D eigenvalue weighted by Crippen LogP contribution is -2.07. The number of para-hydroxylation sites is 1. The largest absolute Gasteiger partial charge is 0.490 e. The van der Waals surface area contributed by atoms with Crippen LogP contribution in [-0.4, -0.2) is 11.9 Å². The molecule has 0 aliphatic heterocycles. The molecule has 2 nitrogen and oxygen atoms in total. The van der Waals surface area contributed by atoms with E-state index in [2.05, 4.69) is 0 Å². The topological polar surface area (TPSA) is 26.3 Å². The van der Waals surface area contributed by atoms with Gasteiger partial charge in [-0.1, -0.05) is 42.5 Å². The summed E-state index contributed by atoms with van der Waals surface area (Å²) in [6.45, 7) is 5.58. The first-order chi connectivity index (χ1) is 9.09. The third-order valence-electron chi connectivity index (χ3n) is 2.85. The summed E-state index contributed by atoms with van der Waals surface area (Å²) in [7, 11) is 0. The van der Waals surface area contributed by atoms with E-state index in [1.54, 1.807) is 6.92 Å². The molecule has 0 atom stereocenters. The number of benzene rings is 2. The number of hydrogen-bond acceptors (Lipinski definition) is 2. The van der Waals surface area contributed by atoms with Gasteiger partial charge < -0.3 is 4.74 Å². The monoisotopic (exact) mass is 254 g/mol. The molecule has 0 amide bonds. The van der Waals surface area contributed by atoms with Gasteiger partial charge in [0.2, 0.25) is 0 Å². The Morgan fingerprint density at radius 3 is 2.16 bits per heavy atom. The Labute approximate surface area is 114 Å². The van der Waals surface area contributed by atoms with Gasteiger partial charge in [-0.3, -0.25) is 4.79 Å². The average molecular weight is 254 g/mol. The predicted molar refractivity (Wildman–Crippen MR) is 77.6 cm³/mol. The van der Waals surface area contributed by atoms with Gasteiger partial charge in [0.1, 0.15) is 5.75 Å². The van der Waals surface area contributed by atoms with Gasteiger partial charge in [0.15, 0.2) is 5.78 Å². The molecule has 0 fully saturated rings. The highest BCUT2D eigenvalue weighted by Crippen LogP contribution is 2.33. The zero-order valence-corrected chi connectivity index (χ0v) is 11.5. The van der Waals surface area contributed by atoms with Crippen molar-refractivity contribution in [3.8, 4) is 16.9 Å². The van der Waals surface area contributed by atoms with Crippen LogP contribution in [0.1, 0.15) is 31.1 Å². The minimum absolute atomic E-state index is 0.0648. The number of carbonyl (C=O) groups excluding carboxylic acids is 1. The van der Waals surface area contributed by atoms with E-state index in [-0.39, 0.29) is 11.9 Å². The van der Waals surface area contributed by atoms with Crippen molar-refractivity contribution in [1.29, 1.82) is 0 Å². The van der Waals surface area contributed by atoms with Crippen molar-refractivity contribution in [2.24, 2.45) is 0 Å². The molecular formula is C17H18O2. The molecule has 19 heavy (non-hydrogen) atoms. The summed E-state index contributed by atoms with van der Waals surface area (Å²) in [6.07, 6.45) is 0.102. The Kier molecular flexibility index (Phi) is 4.00. The summed E-state index contributed by atoms with van der Waals surface area (Å²) in [6, 6.07) is 15.5. The van der Waals surface area contributed by atoms with E-state index >= 15 is 0 Å². The number of Topliss-reactive ketones (excluding diaryl/α,β-unsaturated/α-hetero) is 1. The molecule has 0 saturated carbocycles. The minimum Gasteiger partial charge on any atom is -0.490 e. The van der Waals surface area contributed by atoms with E-state index in [0.717, 1.165) is 22.4 Å². The standard InChI is InChI=1S/C17H18O2/c1-12(2)19-17-11-7-6-10-16(17)15-9-5-4-8-14(15)13(3)18/h4-12H,1-3H3. The van der Waals surface area contributed by atoms with Crippen molar-refractivity contribution in [3.05, 3.63) is 54.1 Å². The highest BCUT2D eigenvalue weighted by Gasteiger charge is 2.13. The summed E-state index contributed by atoms with van der Waals surface area (Å²) in [4.78, 5) is 11.7. The van der Waals surface area contributed by atoms with Crippen molar-refractivity contribution in [1.82, 2.24) is 0 Å². The molecule has 2 rings (SSSR count). The maximum Gasteiger partial charge on any atom is 0.160 e. The Morgan fingerprint density at radius 2 is 1.53 bits per heavy atom. The third kappa shape index (κ3) is 3.02. The summed E-state index contributed by atoms with van der Waals surface area (Å²) >= 11 is 0. The Balaban J connectivity index is 2.56. The second kappa shape index (κ2) is 5.70. The van der Waals surface area contributed by atoms with Crippen molar-refractivity contribution >= 4 is 5.78 Å². The molecular weight excluding hydrogens is 236 g/mol. The quantitative estimate of drug-likeness (QED) is 0.758. The van der Waals surface area contributed by atoms with E-state index < -0.39 is 0 Å².